The summed E-state index contributed by atoms with van der Waals surface area (Å²) in [7, 11) is 3.26. The molecule has 1 amide bonds. The quantitative estimate of drug-likeness (QED) is 0.543. The third-order valence-corrected chi connectivity index (χ3v) is 4.51. The van der Waals surface area contributed by atoms with Gasteiger partial charge in [-0.3, -0.25) is 9.89 Å². The highest BCUT2D eigenvalue weighted by atomic mass is 32.1. The second-order valence-electron chi connectivity index (χ2n) is 5.97. The number of aryl methyl sites for hydroxylation is 2. The fourth-order valence-electron chi connectivity index (χ4n) is 2.69. The van der Waals surface area contributed by atoms with Crippen LogP contribution in [0.25, 0.3) is 0 Å². The maximum Gasteiger partial charge on any atom is 0.257 e. The Morgan fingerprint density at radius 1 is 1.07 bits per heavy atom. The van der Waals surface area contributed by atoms with E-state index in [1.807, 2.05) is 30.3 Å². The molecule has 1 aromatic heterocycles. The number of rotatable bonds is 7. The minimum Gasteiger partial charge on any atom is -0.497 e. The van der Waals surface area contributed by atoms with E-state index in [2.05, 4.69) is 28.1 Å². The van der Waals surface area contributed by atoms with Gasteiger partial charge in [-0.25, -0.2) is 0 Å². The molecular weight excluding hydrogens is 362 g/mol. The Morgan fingerprint density at radius 3 is 2.44 bits per heavy atom. The van der Waals surface area contributed by atoms with Crippen molar-refractivity contribution in [2.24, 2.45) is 0 Å². The van der Waals surface area contributed by atoms with Crippen molar-refractivity contribution in [3.63, 3.8) is 0 Å². The van der Waals surface area contributed by atoms with Crippen molar-refractivity contribution in [3.05, 3.63) is 65.4 Å². The first-order chi connectivity index (χ1) is 13.1. The summed E-state index contributed by atoms with van der Waals surface area (Å²) in [4.78, 5) is 12.9. The Balaban J connectivity index is 1.63. The van der Waals surface area contributed by atoms with Gasteiger partial charge in [-0.2, -0.15) is 5.10 Å². The van der Waals surface area contributed by atoms with E-state index in [4.69, 9.17) is 9.47 Å². The highest BCUT2D eigenvalue weighted by Gasteiger charge is 2.11. The number of aromatic nitrogens is 2. The number of ether oxygens (including phenoxy) is 2. The molecule has 3 rings (SSSR count). The van der Waals surface area contributed by atoms with Crippen LogP contribution in [0.1, 0.15) is 21.6 Å². The summed E-state index contributed by atoms with van der Waals surface area (Å²) in [6.45, 7) is 0. The van der Waals surface area contributed by atoms with Gasteiger partial charge in [-0.05, 0) is 42.7 Å². The summed E-state index contributed by atoms with van der Waals surface area (Å²) >= 11 is 4.31. The first-order valence-electron chi connectivity index (χ1n) is 8.44. The number of amides is 1. The average Bonchev–Trinajstić information content (AvgIpc) is 3.13. The van der Waals surface area contributed by atoms with Crippen LogP contribution in [-0.4, -0.2) is 30.3 Å². The predicted molar refractivity (Wildman–Crippen MR) is 107 cm³/mol. The van der Waals surface area contributed by atoms with Gasteiger partial charge in [-0.15, -0.1) is 12.6 Å². The zero-order valence-electron chi connectivity index (χ0n) is 15.2. The Kier molecular flexibility index (Phi) is 6.03. The SMILES string of the molecule is COc1cc(CCc2cc(NC(=O)c3ccccc3S)n[nH]2)cc(OC)c1. The predicted octanol–water partition coefficient (Wildman–Crippen LogP) is 3.75. The van der Waals surface area contributed by atoms with Gasteiger partial charge >= 0.3 is 0 Å². The summed E-state index contributed by atoms with van der Waals surface area (Å²) in [5.41, 5.74) is 2.52. The van der Waals surface area contributed by atoms with Crippen LogP contribution < -0.4 is 14.8 Å². The molecule has 140 valence electrons. The zero-order valence-corrected chi connectivity index (χ0v) is 16.0. The average molecular weight is 383 g/mol. The Bertz CT molecular complexity index is 917. The number of hydrogen-bond acceptors (Lipinski definition) is 5. The second kappa shape index (κ2) is 8.64. The van der Waals surface area contributed by atoms with Crippen LogP contribution in [-0.2, 0) is 12.8 Å². The van der Waals surface area contributed by atoms with Gasteiger partial charge in [0.15, 0.2) is 5.82 Å². The van der Waals surface area contributed by atoms with E-state index in [0.29, 0.717) is 16.3 Å². The first-order valence-corrected chi connectivity index (χ1v) is 8.89. The number of nitrogens with one attached hydrogen (secondary N) is 2. The number of anilines is 1. The second-order valence-corrected chi connectivity index (χ2v) is 6.45. The molecular formula is C20H21N3O3S. The maximum atomic E-state index is 12.3. The minimum absolute atomic E-state index is 0.240. The van der Waals surface area contributed by atoms with Gasteiger partial charge < -0.3 is 14.8 Å². The molecule has 0 aliphatic heterocycles. The van der Waals surface area contributed by atoms with E-state index in [-0.39, 0.29) is 5.91 Å². The van der Waals surface area contributed by atoms with Crippen molar-refractivity contribution in [2.45, 2.75) is 17.7 Å². The zero-order chi connectivity index (χ0) is 19.2. The molecule has 0 saturated carbocycles. The highest BCUT2D eigenvalue weighted by Crippen LogP contribution is 2.23. The number of thiol groups is 1. The summed E-state index contributed by atoms with van der Waals surface area (Å²) < 4.78 is 10.6. The Morgan fingerprint density at radius 2 is 1.78 bits per heavy atom. The summed E-state index contributed by atoms with van der Waals surface area (Å²) in [5, 5.41) is 9.90. The molecule has 6 nitrogen and oxygen atoms in total. The molecule has 0 aliphatic rings. The lowest BCUT2D eigenvalue weighted by atomic mass is 10.1. The molecule has 0 atom stereocenters. The number of benzene rings is 2. The molecule has 0 spiro atoms. The molecule has 0 saturated heterocycles. The van der Waals surface area contributed by atoms with Crippen LogP contribution >= 0.6 is 12.6 Å². The van der Waals surface area contributed by atoms with E-state index in [1.165, 1.54) is 0 Å². The smallest absolute Gasteiger partial charge is 0.257 e. The lowest BCUT2D eigenvalue weighted by Gasteiger charge is -2.08. The van der Waals surface area contributed by atoms with Gasteiger partial charge in [0.25, 0.3) is 5.91 Å². The molecule has 2 N–H and O–H groups in total. The van der Waals surface area contributed by atoms with Crippen LogP contribution in [0, 0.1) is 0 Å². The van der Waals surface area contributed by atoms with Gasteiger partial charge in [0, 0.05) is 22.7 Å². The largest absolute Gasteiger partial charge is 0.497 e. The number of hydrogen-bond donors (Lipinski definition) is 3. The molecule has 0 unspecified atom stereocenters. The van der Waals surface area contributed by atoms with E-state index in [0.717, 1.165) is 35.6 Å². The lowest BCUT2D eigenvalue weighted by molar-refractivity contribution is 0.102. The minimum atomic E-state index is -0.240. The number of carbonyl (C=O) groups excluding carboxylic acids is 1. The lowest BCUT2D eigenvalue weighted by Crippen LogP contribution is -2.12. The number of nitrogens with zero attached hydrogens (tertiary/aromatic N) is 1. The Hall–Kier alpha value is -2.93. The van der Waals surface area contributed by atoms with Crippen LogP contribution in [0.15, 0.2) is 53.4 Å². The first kappa shape index (κ1) is 18.8. The normalized spacial score (nSPS) is 10.5. The van der Waals surface area contributed by atoms with Crippen LogP contribution in [0.4, 0.5) is 5.82 Å². The van der Waals surface area contributed by atoms with E-state index in [1.54, 1.807) is 32.4 Å². The topological polar surface area (TPSA) is 76.2 Å². The molecule has 0 bridgehead atoms. The standard InChI is InChI=1S/C20H21N3O3S/c1-25-15-9-13(10-16(12-15)26-2)7-8-14-11-19(23-22-14)21-20(24)17-5-3-4-6-18(17)27/h3-6,9-12,27H,7-8H2,1-2H3,(H2,21,22,23,24). The van der Waals surface area contributed by atoms with Crippen LogP contribution in [0.2, 0.25) is 0 Å². The molecule has 0 fully saturated rings. The van der Waals surface area contributed by atoms with Crippen molar-refractivity contribution in [1.82, 2.24) is 10.2 Å². The van der Waals surface area contributed by atoms with Gasteiger partial charge in [0.1, 0.15) is 11.5 Å². The molecule has 0 radical (unpaired) electrons. The molecule has 1 heterocycles. The van der Waals surface area contributed by atoms with Gasteiger partial charge in [0.2, 0.25) is 0 Å². The van der Waals surface area contributed by atoms with E-state index in [9.17, 15) is 4.79 Å². The number of aromatic amines is 1. The molecule has 3 aromatic rings. The van der Waals surface area contributed by atoms with E-state index >= 15 is 0 Å². The van der Waals surface area contributed by atoms with Crippen molar-refractivity contribution in [2.75, 3.05) is 19.5 Å². The van der Waals surface area contributed by atoms with Gasteiger partial charge in [0.05, 0.1) is 19.8 Å². The molecule has 2 aromatic carbocycles. The number of carbonyl (C=O) groups is 1. The third-order valence-electron chi connectivity index (χ3n) is 4.12. The molecule has 7 heteroatoms. The number of methoxy groups -OCH3 is 2. The van der Waals surface area contributed by atoms with Crippen LogP contribution in [0.3, 0.4) is 0 Å². The van der Waals surface area contributed by atoms with Crippen molar-refractivity contribution >= 4 is 24.4 Å². The number of H-pyrrole nitrogens is 1. The fourth-order valence-corrected chi connectivity index (χ4v) is 2.95. The molecule has 27 heavy (non-hydrogen) atoms. The van der Waals surface area contributed by atoms with Crippen molar-refractivity contribution in [3.8, 4) is 11.5 Å². The molecule has 0 aliphatic carbocycles. The highest BCUT2D eigenvalue weighted by molar-refractivity contribution is 7.80. The van der Waals surface area contributed by atoms with Crippen molar-refractivity contribution in [1.29, 1.82) is 0 Å². The van der Waals surface area contributed by atoms with Crippen LogP contribution in [0.5, 0.6) is 11.5 Å². The maximum absolute atomic E-state index is 12.3. The van der Waals surface area contributed by atoms with E-state index < -0.39 is 0 Å². The summed E-state index contributed by atoms with van der Waals surface area (Å²) in [5.74, 6) is 1.76. The van der Waals surface area contributed by atoms with Gasteiger partial charge in [-0.1, -0.05) is 12.1 Å². The summed E-state index contributed by atoms with van der Waals surface area (Å²) in [6.07, 6.45) is 1.52. The third kappa shape index (κ3) is 4.83. The monoisotopic (exact) mass is 383 g/mol. The summed E-state index contributed by atoms with van der Waals surface area (Å²) in [6, 6.07) is 14.8. The Labute approximate surface area is 163 Å². The van der Waals surface area contributed by atoms with Crippen molar-refractivity contribution < 1.29 is 14.3 Å². The fraction of sp³-hybridized carbons (Fsp3) is 0.200.